The van der Waals surface area contributed by atoms with Gasteiger partial charge in [0.1, 0.15) is 11.6 Å². The Labute approximate surface area is 284 Å². The minimum atomic E-state index is -4.49. The molecule has 0 bridgehead atoms. The van der Waals surface area contributed by atoms with E-state index in [2.05, 4.69) is 16.0 Å². The lowest BCUT2D eigenvalue weighted by Crippen LogP contribution is -2.55. The summed E-state index contributed by atoms with van der Waals surface area (Å²) in [6.45, 7) is 10.6. The van der Waals surface area contributed by atoms with Crippen LogP contribution in [0.15, 0.2) is 83.8 Å². The first-order valence-electron chi connectivity index (χ1n) is 15.5. The van der Waals surface area contributed by atoms with Crippen molar-refractivity contribution >= 4 is 29.7 Å². The molecule has 8 nitrogen and oxygen atoms in total. The standard InChI is InChI=1S/C36H44F3N3O5S/c1-34(2,3)42-31(44)27-15-11-10-14-24(27)21-30(43)28(20-23-12-8-7-9-13-23)40-32(45)29(41-33(46)47-35(4,5)6)22-48-26-18-16-25(17-19-26)36(37,38)39/h7-19,28-30,43H,20-22H2,1-6H3,(H,40,45)(H,41,46)(H,42,44)/t28-,29+,30+/m0/s1. The molecular weight excluding hydrogens is 643 g/mol. The minimum absolute atomic E-state index is 0.0377. The molecule has 4 N–H and O–H groups in total. The highest BCUT2D eigenvalue weighted by Crippen LogP contribution is 2.31. The molecule has 0 fully saturated rings. The first kappa shape index (κ1) is 38.4. The molecule has 0 aliphatic carbocycles. The lowest BCUT2D eigenvalue weighted by Gasteiger charge is -2.28. The Morgan fingerprint density at radius 3 is 2.00 bits per heavy atom. The zero-order chi connectivity index (χ0) is 35.7. The number of carbonyl (C=O) groups is 3. The van der Waals surface area contributed by atoms with Crippen molar-refractivity contribution < 1.29 is 37.4 Å². The summed E-state index contributed by atoms with van der Waals surface area (Å²) in [7, 11) is 0. The van der Waals surface area contributed by atoms with Crippen LogP contribution in [0.2, 0.25) is 0 Å². The summed E-state index contributed by atoms with van der Waals surface area (Å²) in [5.74, 6) is -0.963. The number of hydrogen-bond acceptors (Lipinski definition) is 6. The maximum Gasteiger partial charge on any atom is 0.416 e. The summed E-state index contributed by atoms with van der Waals surface area (Å²) in [6, 6.07) is 18.6. The first-order chi connectivity index (χ1) is 22.3. The van der Waals surface area contributed by atoms with Gasteiger partial charge < -0.3 is 25.8 Å². The monoisotopic (exact) mass is 687 g/mol. The second-order valence-electron chi connectivity index (χ2n) is 13.5. The van der Waals surface area contributed by atoms with Crippen molar-refractivity contribution in [1.29, 1.82) is 0 Å². The number of rotatable bonds is 12. The Kier molecular flexibility index (Phi) is 13.1. The zero-order valence-corrected chi connectivity index (χ0v) is 28.8. The Morgan fingerprint density at radius 2 is 1.42 bits per heavy atom. The van der Waals surface area contributed by atoms with E-state index in [9.17, 15) is 32.7 Å². The van der Waals surface area contributed by atoms with Crippen LogP contribution in [0, 0.1) is 0 Å². The topological polar surface area (TPSA) is 117 Å². The van der Waals surface area contributed by atoms with Crippen LogP contribution >= 0.6 is 11.8 Å². The second kappa shape index (κ2) is 16.4. The fourth-order valence-electron chi connectivity index (χ4n) is 4.68. The van der Waals surface area contributed by atoms with Gasteiger partial charge in [-0.2, -0.15) is 13.2 Å². The molecule has 0 aromatic heterocycles. The third-order valence-corrected chi connectivity index (χ3v) is 7.98. The molecule has 0 saturated carbocycles. The molecule has 3 aromatic rings. The van der Waals surface area contributed by atoms with E-state index in [1.165, 1.54) is 12.1 Å². The molecule has 12 heteroatoms. The number of hydrogen-bond donors (Lipinski definition) is 4. The molecule has 0 saturated heterocycles. The highest BCUT2D eigenvalue weighted by Gasteiger charge is 2.32. The van der Waals surface area contributed by atoms with E-state index < -0.39 is 53.1 Å². The predicted octanol–water partition coefficient (Wildman–Crippen LogP) is 6.55. The number of aliphatic hydroxyl groups excluding tert-OH is 1. The van der Waals surface area contributed by atoms with Gasteiger partial charge >= 0.3 is 12.3 Å². The van der Waals surface area contributed by atoms with Crippen LogP contribution in [-0.4, -0.2) is 58.1 Å². The van der Waals surface area contributed by atoms with Crippen molar-refractivity contribution in [3.05, 3.63) is 101 Å². The fraction of sp³-hybridized carbons (Fsp3) is 0.417. The summed E-state index contributed by atoms with van der Waals surface area (Å²) < 4.78 is 44.6. The number of halogens is 3. The summed E-state index contributed by atoms with van der Waals surface area (Å²) in [4.78, 5) is 40.1. The van der Waals surface area contributed by atoms with Gasteiger partial charge in [0.2, 0.25) is 5.91 Å². The van der Waals surface area contributed by atoms with Crippen LogP contribution in [-0.2, 0) is 28.5 Å². The second-order valence-corrected chi connectivity index (χ2v) is 14.6. The molecule has 0 heterocycles. The molecule has 0 aliphatic rings. The van der Waals surface area contributed by atoms with Crippen molar-refractivity contribution in [1.82, 2.24) is 16.0 Å². The number of alkyl halides is 3. The molecule has 0 unspecified atom stereocenters. The van der Waals surface area contributed by atoms with Crippen LogP contribution in [0.3, 0.4) is 0 Å². The molecule has 3 amide bonds. The predicted molar refractivity (Wildman–Crippen MR) is 181 cm³/mol. The van der Waals surface area contributed by atoms with Crippen molar-refractivity contribution in [2.24, 2.45) is 0 Å². The average Bonchev–Trinajstić information content (AvgIpc) is 2.97. The lowest BCUT2D eigenvalue weighted by molar-refractivity contribution is -0.137. The molecule has 3 rings (SSSR count). The molecule has 0 aliphatic heterocycles. The Balaban J connectivity index is 1.87. The van der Waals surface area contributed by atoms with Crippen LogP contribution in [0.5, 0.6) is 0 Å². The van der Waals surface area contributed by atoms with Crippen molar-refractivity contribution in [2.45, 2.75) is 94.8 Å². The van der Waals surface area contributed by atoms with Gasteiger partial charge in [-0.1, -0.05) is 48.5 Å². The summed E-state index contributed by atoms with van der Waals surface area (Å²) in [5, 5.41) is 20.0. The Morgan fingerprint density at radius 1 is 0.812 bits per heavy atom. The molecule has 48 heavy (non-hydrogen) atoms. The number of benzene rings is 3. The number of amides is 3. The number of nitrogens with one attached hydrogen (secondary N) is 3. The fourth-order valence-corrected chi connectivity index (χ4v) is 5.60. The van der Waals surface area contributed by atoms with E-state index in [0.717, 1.165) is 29.5 Å². The summed E-state index contributed by atoms with van der Waals surface area (Å²) >= 11 is 1.08. The highest BCUT2D eigenvalue weighted by atomic mass is 32.2. The van der Waals surface area contributed by atoms with Gasteiger partial charge in [0, 0.05) is 28.2 Å². The maximum absolute atomic E-state index is 13.8. The maximum atomic E-state index is 13.8. The van der Waals surface area contributed by atoms with E-state index in [1.54, 1.807) is 45.0 Å². The van der Waals surface area contributed by atoms with E-state index in [0.29, 0.717) is 16.0 Å². The summed E-state index contributed by atoms with van der Waals surface area (Å²) in [5.41, 5.74) is -0.334. The molecular formula is C36H44F3N3O5S. The van der Waals surface area contributed by atoms with Gasteiger partial charge in [0.15, 0.2) is 0 Å². The van der Waals surface area contributed by atoms with E-state index in [4.69, 9.17) is 4.74 Å². The van der Waals surface area contributed by atoms with Gasteiger partial charge in [0.25, 0.3) is 5.91 Å². The van der Waals surface area contributed by atoms with Crippen molar-refractivity contribution in [2.75, 3.05) is 5.75 Å². The third-order valence-electron chi connectivity index (χ3n) is 6.88. The van der Waals surface area contributed by atoms with Crippen LogP contribution in [0.4, 0.5) is 18.0 Å². The molecule has 3 aromatic carbocycles. The number of thioether (sulfide) groups is 1. The summed E-state index contributed by atoms with van der Waals surface area (Å²) in [6.07, 6.45) is -6.22. The minimum Gasteiger partial charge on any atom is -0.444 e. The van der Waals surface area contributed by atoms with Crippen LogP contribution < -0.4 is 16.0 Å². The number of aliphatic hydroxyl groups is 1. The normalized spacial score (nSPS) is 14.0. The molecule has 0 radical (unpaired) electrons. The zero-order valence-electron chi connectivity index (χ0n) is 28.0. The third kappa shape index (κ3) is 12.9. The lowest BCUT2D eigenvalue weighted by atomic mass is 9.93. The van der Waals surface area contributed by atoms with Gasteiger partial charge in [-0.3, -0.25) is 9.59 Å². The Hall–Kier alpha value is -4.03. The van der Waals surface area contributed by atoms with E-state index in [-0.39, 0.29) is 24.5 Å². The van der Waals surface area contributed by atoms with Crippen molar-refractivity contribution in [3.8, 4) is 0 Å². The smallest absolute Gasteiger partial charge is 0.416 e. The highest BCUT2D eigenvalue weighted by molar-refractivity contribution is 7.99. The van der Waals surface area contributed by atoms with Crippen LogP contribution in [0.25, 0.3) is 0 Å². The largest absolute Gasteiger partial charge is 0.444 e. The van der Waals surface area contributed by atoms with Crippen LogP contribution in [0.1, 0.15) is 68.6 Å². The first-order valence-corrected chi connectivity index (χ1v) is 16.5. The van der Waals surface area contributed by atoms with Gasteiger partial charge in [-0.25, -0.2) is 4.79 Å². The molecule has 0 spiro atoms. The number of ether oxygens (including phenoxy) is 1. The van der Waals surface area contributed by atoms with Crippen molar-refractivity contribution in [3.63, 3.8) is 0 Å². The van der Waals surface area contributed by atoms with Gasteiger partial charge in [0.05, 0.1) is 17.7 Å². The van der Waals surface area contributed by atoms with E-state index >= 15 is 0 Å². The quantitative estimate of drug-likeness (QED) is 0.161. The van der Waals surface area contributed by atoms with Gasteiger partial charge in [-0.15, -0.1) is 11.8 Å². The van der Waals surface area contributed by atoms with E-state index in [1.807, 2.05) is 51.1 Å². The molecule has 260 valence electrons. The average molecular weight is 688 g/mol. The SMILES string of the molecule is CC(C)(C)NC(=O)c1ccccc1C[C@@H](O)[C@H](Cc1ccccc1)NC(=O)[C@@H](CSc1ccc(C(F)(F)F)cc1)NC(=O)OC(C)(C)C. The Bertz CT molecular complexity index is 1520. The number of carbonyl (C=O) groups excluding carboxylic acids is 3. The van der Waals surface area contributed by atoms with Gasteiger partial charge in [-0.05, 0) is 89.4 Å². The molecule has 3 atom stereocenters. The number of alkyl carbamates (subject to hydrolysis) is 1.